The van der Waals surface area contributed by atoms with Gasteiger partial charge in [-0.1, -0.05) is 36.4 Å². The summed E-state index contributed by atoms with van der Waals surface area (Å²) in [6, 6.07) is 24.1. The monoisotopic (exact) mass is 371 g/mol. The smallest absolute Gasteiger partial charge is 0.338 e. The van der Waals surface area contributed by atoms with Crippen LogP contribution in [-0.2, 0) is 11.3 Å². The number of esters is 1. The fourth-order valence-corrected chi connectivity index (χ4v) is 2.49. The van der Waals surface area contributed by atoms with E-state index in [0.717, 1.165) is 0 Å². The van der Waals surface area contributed by atoms with Crippen LogP contribution in [0.5, 0.6) is 0 Å². The van der Waals surface area contributed by atoms with Gasteiger partial charge in [0.25, 0.3) is 0 Å². The van der Waals surface area contributed by atoms with Crippen LogP contribution in [0.25, 0.3) is 0 Å². The number of hydrogen-bond acceptors (Lipinski definition) is 4. The molecule has 0 spiro atoms. The summed E-state index contributed by atoms with van der Waals surface area (Å²) in [6.45, 7) is 0.0159. The number of anilines is 2. The first kappa shape index (κ1) is 18.7. The normalized spacial score (nSPS) is 9.82. The molecule has 3 aromatic rings. The van der Waals surface area contributed by atoms with Gasteiger partial charge in [-0.25, -0.2) is 9.59 Å². The van der Waals surface area contributed by atoms with Crippen LogP contribution in [0.15, 0.2) is 78.9 Å². The van der Waals surface area contributed by atoms with Crippen molar-refractivity contribution in [2.45, 2.75) is 6.61 Å². The summed E-state index contributed by atoms with van der Waals surface area (Å²) in [6.07, 6.45) is 0. The molecule has 3 rings (SSSR count). The summed E-state index contributed by atoms with van der Waals surface area (Å²) in [5.41, 5.74) is 2.69. The van der Waals surface area contributed by atoms with E-state index in [1.165, 1.54) is 0 Å². The van der Waals surface area contributed by atoms with E-state index < -0.39 is 5.97 Å². The van der Waals surface area contributed by atoms with Gasteiger partial charge in [0.2, 0.25) is 0 Å². The second-order valence-electron chi connectivity index (χ2n) is 5.87. The molecule has 0 unspecified atom stereocenters. The molecule has 0 saturated carbocycles. The van der Waals surface area contributed by atoms with E-state index in [2.05, 4.69) is 16.7 Å². The predicted molar refractivity (Wildman–Crippen MR) is 106 cm³/mol. The average molecular weight is 371 g/mol. The van der Waals surface area contributed by atoms with Gasteiger partial charge < -0.3 is 15.4 Å². The maximum atomic E-state index is 12.2. The van der Waals surface area contributed by atoms with E-state index in [1.807, 2.05) is 18.2 Å². The summed E-state index contributed by atoms with van der Waals surface area (Å²) >= 11 is 0. The van der Waals surface area contributed by atoms with Gasteiger partial charge in [-0.15, -0.1) is 0 Å². The molecule has 0 saturated heterocycles. The van der Waals surface area contributed by atoms with E-state index >= 15 is 0 Å². The Morgan fingerprint density at radius 1 is 0.821 bits per heavy atom. The zero-order valence-corrected chi connectivity index (χ0v) is 14.9. The molecular weight excluding hydrogens is 354 g/mol. The van der Waals surface area contributed by atoms with Crippen LogP contribution in [0.4, 0.5) is 16.2 Å². The standard InChI is InChI=1S/C22H17N3O3/c23-14-17-6-4-5-7-18(17)15-28-21(26)16-10-12-20(13-11-16)25-22(27)24-19-8-2-1-3-9-19/h1-13H,15H2,(H2,24,25,27). The first-order valence-corrected chi connectivity index (χ1v) is 8.54. The number of amides is 2. The Hall–Kier alpha value is -4.11. The first-order chi connectivity index (χ1) is 13.7. The number of nitrogens with one attached hydrogen (secondary N) is 2. The van der Waals surface area contributed by atoms with Crippen LogP contribution in [-0.4, -0.2) is 12.0 Å². The van der Waals surface area contributed by atoms with E-state index in [0.29, 0.717) is 28.1 Å². The largest absolute Gasteiger partial charge is 0.457 e. The number of nitrogens with zero attached hydrogens (tertiary/aromatic N) is 1. The maximum absolute atomic E-state index is 12.2. The highest BCUT2D eigenvalue weighted by atomic mass is 16.5. The third kappa shape index (κ3) is 4.96. The van der Waals surface area contributed by atoms with E-state index in [-0.39, 0.29) is 12.6 Å². The zero-order chi connectivity index (χ0) is 19.8. The predicted octanol–water partition coefficient (Wildman–Crippen LogP) is 4.56. The number of ether oxygens (including phenoxy) is 1. The number of rotatable bonds is 5. The van der Waals surface area contributed by atoms with Gasteiger partial charge in [-0.2, -0.15) is 5.26 Å². The van der Waals surface area contributed by atoms with Crippen LogP contribution in [0.1, 0.15) is 21.5 Å². The summed E-state index contributed by atoms with van der Waals surface area (Å²) < 4.78 is 5.27. The van der Waals surface area contributed by atoms with Crippen molar-refractivity contribution < 1.29 is 14.3 Å². The Morgan fingerprint density at radius 3 is 2.11 bits per heavy atom. The molecule has 2 amide bonds. The summed E-state index contributed by atoms with van der Waals surface area (Å²) in [4.78, 5) is 24.2. The zero-order valence-electron chi connectivity index (χ0n) is 14.9. The molecule has 0 bridgehead atoms. The van der Waals surface area contributed by atoms with Crippen molar-refractivity contribution in [2.75, 3.05) is 10.6 Å². The number of nitriles is 1. The molecule has 3 aromatic carbocycles. The van der Waals surface area contributed by atoms with Gasteiger partial charge in [0, 0.05) is 16.9 Å². The molecule has 0 aliphatic heterocycles. The number of carbonyl (C=O) groups is 2. The fourth-order valence-electron chi connectivity index (χ4n) is 2.49. The number of para-hydroxylation sites is 1. The quantitative estimate of drug-likeness (QED) is 0.643. The van der Waals surface area contributed by atoms with Crippen molar-refractivity contribution in [1.82, 2.24) is 0 Å². The Morgan fingerprint density at radius 2 is 1.43 bits per heavy atom. The summed E-state index contributed by atoms with van der Waals surface area (Å²) in [5.74, 6) is -0.506. The molecule has 2 N–H and O–H groups in total. The van der Waals surface area contributed by atoms with Gasteiger partial charge in [0.15, 0.2) is 0 Å². The van der Waals surface area contributed by atoms with Crippen LogP contribution >= 0.6 is 0 Å². The lowest BCUT2D eigenvalue weighted by Gasteiger charge is -2.09. The lowest BCUT2D eigenvalue weighted by molar-refractivity contribution is 0.0472. The van der Waals surface area contributed by atoms with Crippen molar-refractivity contribution >= 4 is 23.4 Å². The van der Waals surface area contributed by atoms with Crippen molar-refractivity contribution in [3.8, 4) is 6.07 Å². The molecule has 0 aliphatic carbocycles. The average Bonchev–Trinajstić information content (AvgIpc) is 2.73. The van der Waals surface area contributed by atoms with Crippen molar-refractivity contribution in [2.24, 2.45) is 0 Å². The first-order valence-electron chi connectivity index (χ1n) is 8.54. The number of carbonyl (C=O) groups excluding carboxylic acids is 2. The van der Waals surface area contributed by atoms with E-state index in [1.54, 1.807) is 60.7 Å². The molecule has 0 heterocycles. The minimum absolute atomic E-state index is 0.0159. The molecule has 6 heteroatoms. The molecule has 6 nitrogen and oxygen atoms in total. The summed E-state index contributed by atoms with van der Waals surface area (Å²) in [5, 5.41) is 14.5. The molecule has 0 aromatic heterocycles. The van der Waals surface area contributed by atoms with Crippen molar-refractivity contribution in [1.29, 1.82) is 5.26 Å². The van der Waals surface area contributed by atoms with Crippen LogP contribution in [0, 0.1) is 11.3 Å². The van der Waals surface area contributed by atoms with Crippen LogP contribution in [0.3, 0.4) is 0 Å². The minimum atomic E-state index is -0.506. The highest BCUT2D eigenvalue weighted by molar-refractivity contribution is 6.00. The SMILES string of the molecule is N#Cc1ccccc1COC(=O)c1ccc(NC(=O)Nc2ccccc2)cc1. The van der Waals surface area contributed by atoms with Crippen molar-refractivity contribution in [3.63, 3.8) is 0 Å². The second-order valence-corrected chi connectivity index (χ2v) is 5.87. The number of hydrogen-bond donors (Lipinski definition) is 2. The Kier molecular flexibility index (Phi) is 6.01. The lowest BCUT2D eigenvalue weighted by atomic mass is 10.1. The third-order valence-corrected chi connectivity index (χ3v) is 3.91. The Labute approximate surface area is 162 Å². The Bertz CT molecular complexity index is 1010. The highest BCUT2D eigenvalue weighted by Crippen LogP contribution is 2.14. The fraction of sp³-hybridized carbons (Fsp3) is 0.0455. The molecule has 0 fully saturated rings. The molecule has 138 valence electrons. The van der Waals surface area contributed by atoms with Gasteiger partial charge in [-0.3, -0.25) is 0 Å². The topological polar surface area (TPSA) is 91.2 Å². The summed E-state index contributed by atoms with van der Waals surface area (Å²) in [7, 11) is 0. The Balaban J connectivity index is 1.55. The van der Waals surface area contributed by atoms with Crippen LogP contribution in [0.2, 0.25) is 0 Å². The maximum Gasteiger partial charge on any atom is 0.338 e. The molecule has 0 aliphatic rings. The van der Waals surface area contributed by atoms with Gasteiger partial charge >= 0.3 is 12.0 Å². The minimum Gasteiger partial charge on any atom is -0.457 e. The van der Waals surface area contributed by atoms with Gasteiger partial charge in [0.1, 0.15) is 6.61 Å². The van der Waals surface area contributed by atoms with Gasteiger partial charge in [-0.05, 0) is 42.5 Å². The van der Waals surface area contributed by atoms with Crippen LogP contribution < -0.4 is 10.6 Å². The molecule has 28 heavy (non-hydrogen) atoms. The lowest BCUT2D eigenvalue weighted by Crippen LogP contribution is -2.19. The van der Waals surface area contributed by atoms with E-state index in [9.17, 15) is 9.59 Å². The van der Waals surface area contributed by atoms with Gasteiger partial charge in [0.05, 0.1) is 17.2 Å². The third-order valence-electron chi connectivity index (χ3n) is 3.91. The molecule has 0 radical (unpaired) electrons. The second kappa shape index (κ2) is 9.01. The van der Waals surface area contributed by atoms with Crippen molar-refractivity contribution in [3.05, 3.63) is 95.6 Å². The number of urea groups is 1. The highest BCUT2D eigenvalue weighted by Gasteiger charge is 2.10. The van der Waals surface area contributed by atoms with E-state index in [4.69, 9.17) is 10.00 Å². The molecule has 0 atom stereocenters. The molecular formula is C22H17N3O3. The number of benzene rings is 3.